The van der Waals surface area contributed by atoms with Gasteiger partial charge in [-0.05, 0) is 17.4 Å². The van der Waals surface area contributed by atoms with E-state index in [1.807, 2.05) is 12.1 Å². The first kappa shape index (κ1) is 14.3. The molecule has 0 aliphatic carbocycles. The standard InChI is InChI=1S/C17H21N3/c1-5-9-19-15-12(10-18)11-20-16-13(15)7-6-8-14(16)17(2,3)4/h6-8,11H,5,9H2,1-4H3,(H,19,20). The summed E-state index contributed by atoms with van der Waals surface area (Å²) in [5, 5.41) is 13.7. The van der Waals surface area contributed by atoms with Crippen LogP contribution in [0, 0.1) is 11.3 Å². The summed E-state index contributed by atoms with van der Waals surface area (Å²) in [7, 11) is 0. The predicted octanol–water partition coefficient (Wildman–Crippen LogP) is 4.23. The van der Waals surface area contributed by atoms with Gasteiger partial charge in [0.1, 0.15) is 6.07 Å². The van der Waals surface area contributed by atoms with Crippen LogP contribution in [0.15, 0.2) is 24.4 Å². The van der Waals surface area contributed by atoms with Crippen molar-refractivity contribution in [1.82, 2.24) is 4.98 Å². The highest BCUT2D eigenvalue weighted by Crippen LogP contribution is 2.33. The minimum atomic E-state index is 0.0305. The van der Waals surface area contributed by atoms with Crippen molar-refractivity contribution in [3.8, 4) is 6.07 Å². The molecule has 2 aromatic rings. The molecule has 20 heavy (non-hydrogen) atoms. The Morgan fingerprint density at radius 2 is 2.05 bits per heavy atom. The van der Waals surface area contributed by atoms with Crippen LogP contribution < -0.4 is 5.32 Å². The lowest BCUT2D eigenvalue weighted by molar-refractivity contribution is 0.594. The van der Waals surface area contributed by atoms with Crippen LogP contribution in [0.1, 0.15) is 45.2 Å². The molecule has 1 heterocycles. The lowest BCUT2D eigenvalue weighted by Crippen LogP contribution is -2.13. The van der Waals surface area contributed by atoms with Crippen LogP contribution in [0.25, 0.3) is 10.9 Å². The Morgan fingerprint density at radius 1 is 1.30 bits per heavy atom. The van der Waals surface area contributed by atoms with Gasteiger partial charge in [0.25, 0.3) is 0 Å². The highest BCUT2D eigenvalue weighted by molar-refractivity contribution is 5.96. The highest BCUT2D eigenvalue weighted by atomic mass is 14.9. The molecular weight excluding hydrogens is 246 g/mol. The fourth-order valence-corrected chi connectivity index (χ4v) is 2.35. The van der Waals surface area contributed by atoms with Gasteiger partial charge in [-0.1, -0.05) is 45.9 Å². The molecule has 0 atom stereocenters. The van der Waals surface area contributed by atoms with E-state index in [0.29, 0.717) is 5.56 Å². The number of hydrogen-bond donors (Lipinski definition) is 1. The molecule has 3 nitrogen and oxygen atoms in total. The molecule has 2 rings (SSSR count). The largest absolute Gasteiger partial charge is 0.383 e. The van der Waals surface area contributed by atoms with Crippen molar-refractivity contribution in [2.45, 2.75) is 39.5 Å². The first-order valence-electron chi connectivity index (χ1n) is 7.05. The van der Waals surface area contributed by atoms with Crippen molar-refractivity contribution in [1.29, 1.82) is 5.26 Å². The van der Waals surface area contributed by atoms with Crippen molar-refractivity contribution >= 4 is 16.6 Å². The number of pyridine rings is 1. The molecule has 0 amide bonds. The summed E-state index contributed by atoms with van der Waals surface area (Å²) in [6.07, 6.45) is 2.70. The molecule has 0 spiro atoms. The number of fused-ring (bicyclic) bond motifs is 1. The van der Waals surface area contributed by atoms with Crippen LogP contribution in [0.5, 0.6) is 0 Å². The summed E-state index contributed by atoms with van der Waals surface area (Å²) in [6, 6.07) is 8.43. The first-order chi connectivity index (χ1) is 9.49. The van der Waals surface area contributed by atoms with Crippen LogP contribution in [0.2, 0.25) is 0 Å². The van der Waals surface area contributed by atoms with Gasteiger partial charge in [-0.15, -0.1) is 0 Å². The molecule has 0 saturated carbocycles. The van der Waals surface area contributed by atoms with E-state index in [1.54, 1.807) is 6.20 Å². The molecule has 0 fully saturated rings. The van der Waals surface area contributed by atoms with Gasteiger partial charge in [0, 0.05) is 18.1 Å². The lowest BCUT2D eigenvalue weighted by atomic mass is 9.85. The van der Waals surface area contributed by atoms with Gasteiger partial charge in [-0.25, -0.2) is 0 Å². The predicted molar refractivity (Wildman–Crippen MR) is 83.9 cm³/mol. The van der Waals surface area contributed by atoms with Crippen molar-refractivity contribution in [2.75, 3.05) is 11.9 Å². The molecular formula is C17H21N3. The monoisotopic (exact) mass is 267 g/mol. The van der Waals surface area contributed by atoms with Crippen molar-refractivity contribution in [3.05, 3.63) is 35.5 Å². The van der Waals surface area contributed by atoms with E-state index in [1.165, 1.54) is 5.56 Å². The summed E-state index contributed by atoms with van der Waals surface area (Å²) >= 11 is 0. The molecule has 1 aromatic carbocycles. The van der Waals surface area contributed by atoms with Gasteiger partial charge in [0.05, 0.1) is 16.8 Å². The zero-order valence-corrected chi connectivity index (χ0v) is 12.6. The highest BCUT2D eigenvalue weighted by Gasteiger charge is 2.19. The Labute approximate surface area is 120 Å². The number of rotatable bonds is 3. The fraction of sp³-hybridized carbons (Fsp3) is 0.412. The summed E-state index contributed by atoms with van der Waals surface area (Å²) in [4.78, 5) is 4.52. The molecule has 0 aliphatic heterocycles. The lowest BCUT2D eigenvalue weighted by Gasteiger charge is -2.21. The SMILES string of the molecule is CCCNc1c(C#N)cnc2c(C(C)(C)C)cccc12. The molecule has 104 valence electrons. The zero-order chi connectivity index (χ0) is 14.8. The third-order valence-corrected chi connectivity index (χ3v) is 3.38. The number of nitrogens with zero attached hydrogens (tertiary/aromatic N) is 2. The smallest absolute Gasteiger partial charge is 0.103 e. The topological polar surface area (TPSA) is 48.7 Å². The Hall–Kier alpha value is -2.08. The number of nitriles is 1. The second-order valence-corrected chi connectivity index (χ2v) is 6.04. The van der Waals surface area contributed by atoms with Crippen LogP contribution in [0.3, 0.4) is 0 Å². The molecule has 0 unspecified atom stereocenters. The normalized spacial score (nSPS) is 11.3. The average molecular weight is 267 g/mol. The summed E-state index contributed by atoms with van der Waals surface area (Å²) in [5.41, 5.74) is 3.74. The maximum Gasteiger partial charge on any atom is 0.103 e. The minimum Gasteiger partial charge on any atom is -0.383 e. The van der Waals surface area contributed by atoms with Gasteiger partial charge < -0.3 is 5.32 Å². The van der Waals surface area contributed by atoms with E-state index in [0.717, 1.165) is 29.6 Å². The van der Waals surface area contributed by atoms with Crippen LogP contribution in [0.4, 0.5) is 5.69 Å². The molecule has 1 aromatic heterocycles. The molecule has 3 heteroatoms. The van der Waals surface area contributed by atoms with E-state index in [4.69, 9.17) is 0 Å². The molecule has 0 bridgehead atoms. The van der Waals surface area contributed by atoms with Gasteiger partial charge >= 0.3 is 0 Å². The Balaban J connectivity index is 2.72. The van der Waals surface area contributed by atoms with Crippen molar-refractivity contribution in [2.24, 2.45) is 0 Å². The number of benzene rings is 1. The van der Waals surface area contributed by atoms with Crippen LogP contribution in [-0.4, -0.2) is 11.5 Å². The molecule has 0 aliphatic rings. The minimum absolute atomic E-state index is 0.0305. The van der Waals surface area contributed by atoms with E-state index >= 15 is 0 Å². The van der Waals surface area contributed by atoms with Gasteiger partial charge in [-0.2, -0.15) is 5.26 Å². The third kappa shape index (κ3) is 2.60. The number of nitrogens with one attached hydrogen (secondary N) is 1. The Kier molecular flexibility index (Phi) is 3.94. The summed E-state index contributed by atoms with van der Waals surface area (Å²) in [6.45, 7) is 9.51. The van der Waals surface area contributed by atoms with E-state index in [9.17, 15) is 5.26 Å². The van der Waals surface area contributed by atoms with Gasteiger partial charge in [0.2, 0.25) is 0 Å². The molecule has 0 radical (unpaired) electrons. The maximum absolute atomic E-state index is 9.28. The number of anilines is 1. The third-order valence-electron chi connectivity index (χ3n) is 3.38. The maximum atomic E-state index is 9.28. The van der Waals surface area contributed by atoms with Crippen LogP contribution in [-0.2, 0) is 5.41 Å². The van der Waals surface area contributed by atoms with Gasteiger partial charge in [-0.3, -0.25) is 4.98 Å². The Morgan fingerprint density at radius 3 is 2.65 bits per heavy atom. The van der Waals surface area contributed by atoms with E-state index in [-0.39, 0.29) is 5.41 Å². The second-order valence-electron chi connectivity index (χ2n) is 6.04. The van der Waals surface area contributed by atoms with Crippen molar-refractivity contribution < 1.29 is 0 Å². The second kappa shape index (κ2) is 5.50. The number of para-hydroxylation sites is 1. The number of aromatic nitrogens is 1. The summed E-state index contributed by atoms with van der Waals surface area (Å²) in [5.74, 6) is 0. The van der Waals surface area contributed by atoms with Crippen LogP contribution >= 0.6 is 0 Å². The quantitative estimate of drug-likeness (QED) is 0.905. The zero-order valence-electron chi connectivity index (χ0n) is 12.6. The first-order valence-corrected chi connectivity index (χ1v) is 7.05. The van der Waals surface area contributed by atoms with Crippen molar-refractivity contribution in [3.63, 3.8) is 0 Å². The number of hydrogen-bond acceptors (Lipinski definition) is 3. The Bertz CT molecular complexity index is 660. The van der Waals surface area contributed by atoms with Gasteiger partial charge in [0.15, 0.2) is 0 Å². The average Bonchev–Trinajstić information content (AvgIpc) is 2.42. The fourth-order valence-electron chi connectivity index (χ4n) is 2.35. The molecule has 0 saturated heterocycles. The van der Waals surface area contributed by atoms with E-state index < -0.39 is 0 Å². The summed E-state index contributed by atoms with van der Waals surface area (Å²) < 4.78 is 0. The van der Waals surface area contributed by atoms with E-state index in [2.05, 4.69) is 50.1 Å². The molecule has 1 N–H and O–H groups in total.